The van der Waals surface area contributed by atoms with Crippen LogP contribution in [0.3, 0.4) is 0 Å². The minimum Gasteiger partial charge on any atom is -0.386 e. The van der Waals surface area contributed by atoms with Crippen molar-refractivity contribution in [2.45, 2.75) is 18.6 Å². The highest BCUT2D eigenvalue weighted by atomic mass is 79.9. The maximum atomic E-state index is 9.53. The Bertz CT molecular complexity index is 223. The first-order valence-corrected chi connectivity index (χ1v) is 5.57. The van der Waals surface area contributed by atoms with Crippen LogP contribution >= 0.6 is 31.9 Å². The Hall–Kier alpha value is 0.360. The van der Waals surface area contributed by atoms with E-state index >= 15 is 0 Å². The molecule has 0 amide bonds. The van der Waals surface area contributed by atoms with E-state index in [1.807, 2.05) is 0 Å². The minimum absolute atomic E-state index is 0.739. The first-order valence-electron chi connectivity index (χ1n) is 3.65. The SMILES string of the molecule is O[C@@H]1C(CCBr)=C(Br)C=C[C@@H]1O. The number of alkyl halides is 1. The van der Waals surface area contributed by atoms with E-state index in [-0.39, 0.29) is 0 Å². The van der Waals surface area contributed by atoms with Crippen molar-refractivity contribution >= 4 is 31.9 Å². The number of hydrogen-bond donors (Lipinski definition) is 2. The third kappa shape index (κ3) is 2.19. The van der Waals surface area contributed by atoms with Crippen molar-refractivity contribution in [3.05, 3.63) is 22.2 Å². The van der Waals surface area contributed by atoms with Gasteiger partial charge in [0.15, 0.2) is 0 Å². The van der Waals surface area contributed by atoms with Crippen LogP contribution in [-0.2, 0) is 0 Å². The topological polar surface area (TPSA) is 40.5 Å². The number of halogens is 2. The zero-order valence-electron chi connectivity index (χ0n) is 6.37. The average molecular weight is 298 g/mol. The van der Waals surface area contributed by atoms with E-state index in [4.69, 9.17) is 0 Å². The normalized spacial score (nSPS) is 29.7. The zero-order chi connectivity index (χ0) is 9.14. The molecule has 12 heavy (non-hydrogen) atoms. The van der Waals surface area contributed by atoms with Gasteiger partial charge in [0, 0.05) is 9.81 Å². The molecule has 0 aromatic carbocycles. The highest BCUT2D eigenvalue weighted by molar-refractivity contribution is 9.12. The molecule has 2 N–H and O–H groups in total. The summed E-state index contributed by atoms with van der Waals surface area (Å²) in [5.41, 5.74) is 0.849. The van der Waals surface area contributed by atoms with E-state index in [9.17, 15) is 10.2 Å². The lowest BCUT2D eigenvalue weighted by Gasteiger charge is -2.22. The molecule has 0 saturated heterocycles. The van der Waals surface area contributed by atoms with Gasteiger partial charge in [-0.3, -0.25) is 0 Å². The Morgan fingerprint density at radius 1 is 1.42 bits per heavy atom. The van der Waals surface area contributed by atoms with Gasteiger partial charge < -0.3 is 10.2 Å². The molecule has 0 bridgehead atoms. The van der Waals surface area contributed by atoms with E-state index in [0.29, 0.717) is 0 Å². The minimum atomic E-state index is -0.764. The van der Waals surface area contributed by atoms with Gasteiger partial charge in [-0.1, -0.05) is 37.9 Å². The summed E-state index contributed by atoms with van der Waals surface area (Å²) >= 11 is 6.61. The quantitative estimate of drug-likeness (QED) is 0.762. The third-order valence-electron chi connectivity index (χ3n) is 1.79. The third-order valence-corrected chi connectivity index (χ3v) is 2.96. The standard InChI is InChI=1S/C8H10Br2O2/c9-4-3-5-6(10)1-2-7(11)8(5)12/h1-2,7-8,11-12H,3-4H2/t7-,8+/m0/s1. The van der Waals surface area contributed by atoms with Gasteiger partial charge in [-0.2, -0.15) is 0 Å². The van der Waals surface area contributed by atoms with Gasteiger partial charge in [0.2, 0.25) is 0 Å². The van der Waals surface area contributed by atoms with Gasteiger partial charge in [-0.15, -0.1) is 0 Å². The molecule has 0 heterocycles. The largest absolute Gasteiger partial charge is 0.386 e. The summed E-state index contributed by atoms with van der Waals surface area (Å²) in [6, 6.07) is 0. The number of allylic oxidation sites excluding steroid dienone is 2. The lowest BCUT2D eigenvalue weighted by molar-refractivity contribution is 0.0696. The average Bonchev–Trinajstić information content (AvgIpc) is 2.06. The Morgan fingerprint density at radius 3 is 2.67 bits per heavy atom. The van der Waals surface area contributed by atoms with Crippen LogP contribution < -0.4 is 0 Å². The summed E-state index contributed by atoms with van der Waals surface area (Å²) < 4.78 is 0.875. The molecule has 4 heteroatoms. The Morgan fingerprint density at radius 2 is 2.08 bits per heavy atom. The predicted octanol–water partition coefficient (Wildman–Crippen LogP) is 1.71. The fourth-order valence-electron chi connectivity index (χ4n) is 1.11. The summed E-state index contributed by atoms with van der Waals surface area (Å²) in [5.74, 6) is 0. The fraction of sp³-hybridized carbons (Fsp3) is 0.500. The van der Waals surface area contributed by atoms with Gasteiger partial charge in [0.25, 0.3) is 0 Å². The van der Waals surface area contributed by atoms with E-state index in [2.05, 4.69) is 31.9 Å². The summed E-state index contributed by atoms with van der Waals surface area (Å²) in [4.78, 5) is 0. The Labute approximate surface area is 88.2 Å². The van der Waals surface area contributed by atoms with E-state index in [1.165, 1.54) is 0 Å². The van der Waals surface area contributed by atoms with Gasteiger partial charge in [0.05, 0.1) is 0 Å². The lowest BCUT2D eigenvalue weighted by Crippen LogP contribution is -2.28. The molecule has 2 nitrogen and oxygen atoms in total. The molecular weight excluding hydrogens is 288 g/mol. The fourth-order valence-corrected chi connectivity index (χ4v) is 2.12. The second-order valence-electron chi connectivity index (χ2n) is 2.61. The molecule has 68 valence electrons. The summed E-state index contributed by atoms with van der Waals surface area (Å²) in [5, 5.41) is 19.6. The molecule has 0 spiro atoms. The second kappa shape index (κ2) is 4.56. The molecule has 0 radical (unpaired) electrons. The van der Waals surface area contributed by atoms with Gasteiger partial charge in [0.1, 0.15) is 12.2 Å². The second-order valence-corrected chi connectivity index (χ2v) is 4.25. The van der Waals surface area contributed by atoms with Crippen molar-refractivity contribution < 1.29 is 10.2 Å². The molecule has 0 fully saturated rings. The Kier molecular flexibility index (Phi) is 3.96. The molecule has 0 aromatic rings. The first kappa shape index (κ1) is 10.4. The maximum absolute atomic E-state index is 9.53. The summed E-state index contributed by atoms with van der Waals surface area (Å²) in [6.45, 7) is 0. The van der Waals surface area contributed by atoms with Crippen LogP contribution in [0.5, 0.6) is 0 Å². The van der Waals surface area contributed by atoms with E-state index in [1.54, 1.807) is 12.2 Å². The van der Waals surface area contributed by atoms with Gasteiger partial charge in [-0.25, -0.2) is 0 Å². The first-order chi connectivity index (χ1) is 5.66. The monoisotopic (exact) mass is 296 g/mol. The van der Waals surface area contributed by atoms with Crippen LogP contribution in [0.2, 0.25) is 0 Å². The molecule has 0 aliphatic heterocycles. The van der Waals surface area contributed by atoms with Crippen LogP contribution in [0.1, 0.15) is 6.42 Å². The van der Waals surface area contributed by atoms with Gasteiger partial charge in [-0.05, 0) is 18.1 Å². The highest BCUT2D eigenvalue weighted by Crippen LogP contribution is 2.27. The van der Waals surface area contributed by atoms with Crippen molar-refractivity contribution in [1.82, 2.24) is 0 Å². The molecule has 0 aromatic heterocycles. The lowest BCUT2D eigenvalue weighted by atomic mass is 9.97. The molecule has 0 saturated carbocycles. The maximum Gasteiger partial charge on any atom is 0.106 e. The number of rotatable bonds is 2. The molecule has 0 unspecified atom stereocenters. The van der Waals surface area contributed by atoms with Crippen LogP contribution in [0.4, 0.5) is 0 Å². The van der Waals surface area contributed by atoms with Crippen molar-refractivity contribution in [3.63, 3.8) is 0 Å². The van der Waals surface area contributed by atoms with Gasteiger partial charge >= 0.3 is 0 Å². The van der Waals surface area contributed by atoms with Crippen LogP contribution in [0, 0.1) is 0 Å². The predicted molar refractivity (Wildman–Crippen MR) is 55.5 cm³/mol. The van der Waals surface area contributed by atoms with Crippen LogP contribution in [0.25, 0.3) is 0 Å². The molecule has 1 aliphatic carbocycles. The van der Waals surface area contributed by atoms with Crippen molar-refractivity contribution in [2.75, 3.05) is 5.33 Å². The highest BCUT2D eigenvalue weighted by Gasteiger charge is 2.23. The summed E-state index contributed by atoms with van der Waals surface area (Å²) in [7, 11) is 0. The van der Waals surface area contributed by atoms with Crippen molar-refractivity contribution in [3.8, 4) is 0 Å². The smallest absolute Gasteiger partial charge is 0.106 e. The van der Waals surface area contributed by atoms with Crippen LogP contribution in [-0.4, -0.2) is 27.8 Å². The molecule has 1 rings (SSSR count). The number of hydrogen-bond acceptors (Lipinski definition) is 2. The Balaban J connectivity index is 2.82. The summed E-state index contributed by atoms with van der Waals surface area (Å²) in [6.07, 6.45) is 2.56. The molecule has 1 aliphatic rings. The number of aliphatic hydroxyl groups is 2. The van der Waals surface area contributed by atoms with Crippen LogP contribution in [0.15, 0.2) is 22.2 Å². The van der Waals surface area contributed by atoms with E-state index < -0.39 is 12.2 Å². The van der Waals surface area contributed by atoms with Crippen molar-refractivity contribution in [2.24, 2.45) is 0 Å². The molecule has 2 atom stereocenters. The molecular formula is C8H10Br2O2. The van der Waals surface area contributed by atoms with Crippen molar-refractivity contribution in [1.29, 1.82) is 0 Å². The zero-order valence-corrected chi connectivity index (χ0v) is 9.55. The van der Waals surface area contributed by atoms with E-state index in [0.717, 1.165) is 21.8 Å². The number of aliphatic hydroxyl groups excluding tert-OH is 2.